The zero-order chi connectivity index (χ0) is 22.2. The van der Waals surface area contributed by atoms with Gasteiger partial charge in [-0.3, -0.25) is 9.48 Å². The van der Waals surface area contributed by atoms with Crippen molar-refractivity contribution in [1.82, 2.24) is 30.4 Å². The van der Waals surface area contributed by atoms with Crippen LogP contribution in [-0.4, -0.2) is 37.5 Å². The molecule has 9 heteroatoms. The summed E-state index contributed by atoms with van der Waals surface area (Å²) in [6.45, 7) is 4.02. The number of hydrogen-bond acceptors (Lipinski definition) is 7. The van der Waals surface area contributed by atoms with Crippen molar-refractivity contribution < 1.29 is 13.8 Å². The molecule has 0 aliphatic heterocycles. The molecule has 1 N–H and O–H groups in total. The number of amides is 1. The van der Waals surface area contributed by atoms with E-state index in [9.17, 15) is 4.79 Å². The summed E-state index contributed by atoms with van der Waals surface area (Å²) in [5, 5.41) is 15.8. The van der Waals surface area contributed by atoms with Gasteiger partial charge in [0.15, 0.2) is 5.82 Å². The Bertz CT molecular complexity index is 1270. The second-order valence-corrected chi connectivity index (χ2v) is 8.15. The van der Waals surface area contributed by atoms with E-state index in [1.54, 1.807) is 6.92 Å². The number of benzene rings is 1. The summed E-state index contributed by atoms with van der Waals surface area (Å²) in [6.07, 6.45) is 3.06. The fraction of sp³-hybridized carbons (Fsp3) is 0.348. The van der Waals surface area contributed by atoms with E-state index in [4.69, 9.17) is 9.05 Å². The zero-order valence-electron chi connectivity index (χ0n) is 18.3. The molecular weight excluding hydrogens is 408 g/mol. The second-order valence-electron chi connectivity index (χ2n) is 8.15. The van der Waals surface area contributed by atoms with Crippen LogP contribution in [0, 0.1) is 6.92 Å². The van der Waals surface area contributed by atoms with Crippen molar-refractivity contribution in [2.24, 2.45) is 7.05 Å². The topological polar surface area (TPSA) is 112 Å². The molecular formula is C23H24N6O3. The fourth-order valence-corrected chi connectivity index (χ4v) is 4.18. The number of rotatable bonds is 6. The summed E-state index contributed by atoms with van der Waals surface area (Å²) in [5.41, 5.74) is 4.98. The Morgan fingerprint density at radius 3 is 2.81 bits per heavy atom. The van der Waals surface area contributed by atoms with Crippen molar-refractivity contribution in [3.05, 3.63) is 58.7 Å². The van der Waals surface area contributed by atoms with E-state index in [-0.39, 0.29) is 11.8 Å². The predicted octanol–water partition coefficient (Wildman–Crippen LogP) is 3.46. The minimum absolute atomic E-state index is 0.141. The molecule has 1 amide bonds. The summed E-state index contributed by atoms with van der Waals surface area (Å²) in [7, 11) is 1.90. The number of nitrogens with zero attached hydrogens (tertiary/aromatic N) is 5. The van der Waals surface area contributed by atoms with E-state index >= 15 is 0 Å². The predicted molar refractivity (Wildman–Crippen MR) is 116 cm³/mol. The van der Waals surface area contributed by atoms with E-state index in [2.05, 4.69) is 25.7 Å². The molecule has 1 unspecified atom stereocenters. The van der Waals surface area contributed by atoms with Crippen LogP contribution in [-0.2, 0) is 19.9 Å². The number of nitrogens with one attached hydrogen (secondary N) is 1. The molecule has 0 bridgehead atoms. The Morgan fingerprint density at radius 2 is 2.00 bits per heavy atom. The molecule has 0 saturated heterocycles. The first-order valence-corrected chi connectivity index (χ1v) is 10.7. The number of aryl methyl sites for hydroxylation is 3. The lowest BCUT2D eigenvalue weighted by atomic mass is 10.1. The SMILES string of the molecule is Cc1onc(-c2ccccc2)c1C(=O)NCC(C)c1noc(-c2c3c(nn2C)CCC3)n1. The maximum Gasteiger partial charge on any atom is 0.276 e. The Morgan fingerprint density at radius 1 is 1.19 bits per heavy atom. The minimum atomic E-state index is -0.248. The van der Waals surface area contributed by atoms with Crippen molar-refractivity contribution in [3.63, 3.8) is 0 Å². The Balaban J connectivity index is 1.30. The molecule has 0 radical (unpaired) electrons. The lowest BCUT2D eigenvalue weighted by molar-refractivity contribution is 0.0950. The highest BCUT2D eigenvalue weighted by atomic mass is 16.5. The van der Waals surface area contributed by atoms with Crippen LogP contribution in [0.2, 0.25) is 0 Å². The summed E-state index contributed by atoms with van der Waals surface area (Å²) >= 11 is 0. The van der Waals surface area contributed by atoms with Gasteiger partial charge in [-0.2, -0.15) is 10.1 Å². The number of hydrogen-bond donors (Lipinski definition) is 1. The van der Waals surface area contributed by atoms with Crippen molar-refractivity contribution in [2.75, 3.05) is 6.54 Å². The van der Waals surface area contributed by atoms with Crippen LogP contribution >= 0.6 is 0 Å². The third-order valence-corrected chi connectivity index (χ3v) is 5.86. The van der Waals surface area contributed by atoms with E-state index in [0.29, 0.717) is 35.3 Å². The van der Waals surface area contributed by atoms with Gasteiger partial charge in [0.2, 0.25) is 0 Å². The Labute approximate surface area is 184 Å². The van der Waals surface area contributed by atoms with E-state index in [1.807, 2.05) is 49.0 Å². The Kier molecular flexibility index (Phi) is 5.08. The van der Waals surface area contributed by atoms with Crippen molar-refractivity contribution in [3.8, 4) is 22.8 Å². The van der Waals surface area contributed by atoms with Gasteiger partial charge in [-0.25, -0.2) is 0 Å². The molecule has 1 atom stereocenters. The molecule has 5 rings (SSSR count). The molecule has 3 heterocycles. The quantitative estimate of drug-likeness (QED) is 0.496. The molecule has 0 saturated carbocycles. The lowest BCUT2D eigenvalue weighted by Gasteiger charge is -2.09. The van der Waals surface area contributed by atoms with Gasteiger partial charge in [0.25, 0.3) is 11.8 Å². The zero-order valence-corrected chi connectivity index (χ0v) is 18.3. The third-order valence-electron chi connectivity index (χ3n) is 5.86. The molecule has 0 fully saturated rings. The molecule has 1 aliphatic rings. The molecule has 4 aromatic rings. The first-order chi connectivity index (χ1) is 15.5. The standard InChI is InChI=1S/C23H24N6O3/c1-13(21-25-23(32-28-21)20-16-10-7-11-17(16)26-29(20)3)12-24-22(30)18-14(2)31-27-19(18)15-8-5-4-6-9-15/h4-6,8-9,13H,7,10-12H2,1-3H3,(H,24,30). The number of fused-ring (bicyclic) bond motifs is 1. The number of carbonyl (C=O) groups is 1. The summed E-state index contributed by atoms with van der Waals surface area (Å²) in [4.78, 5) is 17.5. The average Bonchev–Trinajstić information content (AvgIpc) is 3.56. The first-order valence-electron chi connectivity index (χ1n) is 10.7. The van der Waals surface area contributed by atoms with E-state index in [0.717, 1.165) is 36.2 Å². The van der Waals surface area contributed by atoms with Gasteiger partial charge in [0, 0.05) is 30.6 Å². The molecule has 3 aromatic heterocycles. The van der Waals surface area contributed by atoms with Crippen LogP contribution in [0.4, 0.5) is 0 Å². The van der Waals surface area contributed by atoms with Crippen LogP contribution in [0.5, 0.6) is 0 Å². The Hall–Kier alpha value is -3.75. The van der Waals surface area contributed by atoms with E-state index < -0.39 is 0 Å². The van der Waals surface area contributed by atoms with Gasteiger partial charge < -0.3 is 14.4 Å². The van der Waals surface area contributed by atoms with Gasteiger partial charge in [-0.15, -0.1) is 0 Å². The number of aromatic nitrogens is 5. The van der Waals surface area contributed by atoms with Crippen molar-refractivity contribution >= 4 is 5.91 Å². The largest absolute Gasteiger partial charge is 0.360 e. The van der Waals surface area contributed by atoms with Gasteiger partial charge in [-0.1, -0.05) is 47.6 Å². The van der Waals surface area contributed by atoms with Gasteiger partial charge in [0.05, 0.1) is 5.69 Å². The summed E-state index contributed by atoms with van der Waals surface area (Å²) in [5.74, 6) is 1.10. The van der Waals surface area contributed by atoms with Crippen molar-refractivity contribution in [1.29, 1.82) is 0 Å². The second kappa shape index (κ2) is 8.07. The first kappa shape index (κ1) is 20.2. The fourth-order valence-electron chi connectivity index (χ4n) is 4.18. The van der Waals surface area contributed by atoms with Crippen LogP contribution in [0.25, 0.3) is 22.8 Å². The normalized spacial score (nSPS) is 13.8. The number of carbonyl (C=O) groups excluding carboxylic acids is 1. The van der Waals surface area contributed by atoms with E-state index in [1.165, 1.54) is 5.56 Å². The molecule has 1 aromatic carbocycles. The van der Waals surface area contributed by atoms with Crippen LogP contribution in [0.15, 0.2) is 39.4 Å². The smallest absolute Gasteiger partial charge is 0.276 e. The van der Waals surface area contributed by atoms with Gasteiger partial charge in [-0.05, 0) is 26.2 Å². The maximum absolute atomic E-state index is 12.9. The van der Waals surface area contributed by atoms with Crippen molar-refractivity contribution in [2.45, 2.75) is 39.0 Å². The molecule has 0 spiro atoms. The monoisotopic (exact) mass is 432 g/mol. The van der Waals surface area contributed by atoms with Gasteiger partial charge >= 0.3 is 0 Å². The van der Waals surface area contributed by atoms with Crippen LogP contribution < -0.4 is 5.32 Å². The summed E-state index contributed by atoms with van der Waals surface area (Å²) < 4.78 is 12.7. The molecule has 9 nitrogen and oxygen atoms in total. The minimum Gasteiger partial charge on any atom is -0.360 e. The lowest BCUT2D eigenvalue weighted by Crippen LogP contribution is -2.28. The average molecular weight is 432 g/mol. The summed E-state index contributed by atoms with van der Waals surface area (Å²) in [6, 6.07) is 9.50. The highest BCUT2D eigenvalue weighted by Crippen LogP contribution is 2.31. The molecule has 164 valence electrons. The highest BCUT2D eigenvalue weighted by Gasteiger charge is 2.27. The van der Waals surface area contributed by atoms with Gasteiger partial charge in [0.1, 0.15) is 22.7 Å². The van der Waals surface area contributed by atoms with Crippen LogP contribution in [0.3, 0.4) is 0 Å². The molecule has 1 aliphatic carbocycles. The highest BCUT2D eigenvalue weighted by molar-refractivity contribution is 6.00. The van der Waals surface area contributed by atoms with Crippen LogP contribution in [0.1, 0.15) is 52.5 Å². The maximum atomic E-state index is 12.9. The molecule has 32 heavy (non-hydrogen) atoms. The third kappa shape index (κ3) is 3.49.